The van der Waals surface area contributed by atoms with E-state index in [1.54, 1.807) is 0 Å². The molecule has 0 bridgehead atoms. The Balaban J connectivity index is 2.51. The lowest BCUT2D eigenvalue weighted by molar-refractivity contribution is -0.124. The van der Waals surface area contributed by atoms with E-state index in [-0.39, 0.29) is 18.1 Å². The predicted molar refractivity (Wildman–Crippen MR) is 86.5 cm³/mol. The van der Waals surface area contributed by atoms with Gasteiger partial charge in [0, 0.05) is 11.6 Å². The van der Waals surface area contributed by atoms with Gasteiger partial charge in [-0.25, -0.2) is 0 Å². The van der Waals surface area contributed by atoms with Crippen molar-refractivity contribution >= 4 is 5.91 Å². The third kappa shape index (κ3) is 5.76. The van der Waals surface area contributed by atoms with Gasteiger partial charge in [0.2, 0.25) is 0 Å². The van der Waals surface area contributed by atoms with E-state index in [1.807, 2.05) is 52.1 Å². The van der Waals surface area contributed by atoms with E-state index in [9.17, 15) is 4.79 Å². The number of ether oxygens (including phenoxy) is 1. The van der Waals surface area contributed by atoms with Crippen LogP contribution in [0.15, 0.2) is 24.3 Å². The van der Waals surface area contributed by atoms with E-state index in [4.69, 9.17) is 4.74 Å². The van der Waals surface area contributed by atoms with Crippen molar-refractivity contribution in [2.45, 2.75) is 52.1 Å². The van der Waals surface area contributed by atoms with Crippen LogP contribution in [-0.2, 0) is 4.79 Å². The molecule has 118 valence electrons. The van der Waals surface area contributed by atoms with E-state index in [0.29, 0.717) is 11.8 Å². The Hall–Kier alpha value is -1.55. The SMILES string of the molecule is CCC(NC)c1ccc(OCC(=O)NC(C)(C)CC)cc1. The van der Waals surface area contributed by atoms with E-state index < -0.39 is 0 Å². The molecule has 0 fully saturated rings. The number of nitrogens with one attached hydrogen (secondary N) is 2. The van der Waals surface area contributed by atoms with E-state index in [2.05, 4.69) is 17.6 Å². The second kappa shape index (κ2) is 8.03. The number of rotatable bonds is 8. The molecule has 0 spiro atoms. The Morgan fingerprint density at radius 3 is 2.33 bits per heavy atom. The topological polar surface area (TPSA) is 50.4 Å². The van der Waals surface area contributed by atoms with Gasteiger partial charge in [-0.2, -0.15) is 0 Å². The summed E-state index contributed by atoms with van der Waals surface area (Å²) in [6.45, 7) is 8.24. The van der Waals surface area contributed by atoms with Crippen molar-refractivity contribution in [3.63, 3.8) is 0 Å². The van der Waals surface area contributed by atoms with Crippen molar-refractivity contribution in [2.75, 3.05) is 13.7 Å². The molecular weight excluding hydrogens is 264 g/mol. The van der Waals surface area contributed by atoms with Crippen LogP contribution >= 0.6 is 0 Å². The maximum Gasteiger partial charge on any atom is 0.258 e. The molecule has 0 saturated carbocycles. The normalized spacial score (nSPS) is 12.8. The molecule has 0 heterocycles. The van der Waals surface area contributed by atoms with Gasteiger partial charge in [0.1, 0.15) is 5.75 Å². The summed E-state index contributed by atoms with van der Waals surface area (Å²) in [5, 5.41) is 6.22. The van der Waals surface area contributed by atoms with Crippen LogP contribution in [0.4, 0.5) is 0 Å². The highest BCUT2D eigenvalue weighted by Crippen LogP contribution is 2.19. The smallest absolute Gasteiger partial charge is 0.258 e. The lowest BCUT2D eigenvalue weighted by Crippen LogP contribution is -2.44. The number of amides is 1. The van der Waals surface area contributed by atoms with Gasteiger partial charge < -0.3 is 15.4 Å². The van der Waals surface area contributed by atoms with E-state index >= 15 is 0 Å². The van der Waals surface area contributed by atoms with Crippen molar-refractivity contribution in [2.24, 2.45) is 0 Å². The lowest BCUT2D eigenvalue weighted by atomic mass is 10.0. The largest absolute Gasteiger partial charge is 0.484 e. The van der Waals surface area contributed by atoms with Crippen molar-refractivity contribution in [1.82, 2.24) is 10.6 Å². The first-order valence-corrected chi connectivity index (χ1v) is 7.63. The highest BCUT2D eigenvalue weighted by molar-refractivity contribution is 5.78. The van der Waals surface area contributed by atoms with Gasteiger partial charge in [-0.3, -0.25) is 4.79 Å². The van der Waals surface area contributed by atoms with Gasteiger partial charge in [0.15, 0.2) is 6.61 Å². The van der Waals surface area contributed by atoms with Crippen LogP contribution in [0.1, 0.15) is 52.1 Å². The fourth-order valence-electron chi connectivity index (χ4n) is 2.05. The summed E-state index contributed by atoms with van der Waals surface area (Å²) in [5.41, 5.74) is 1.04. The summed E-state index contributed by atoms with van der Waals surface area (Å²) < 4.78 is 5.53. The molecule has 0 aliphatic heterocycles. The zero-order valence-electron chi connectivity index (χ0n) is 13.8. The van der Waals surface area contributed by atoms with Gasteiger partial charge in [-0.15, -0.1) is 0 Å². The van der Waals surface area contributed by atoms with E-state index in [0.717, 1.165) is 12.8 Å². The van der Waals surface area contributed by atoms with Crippen LogP contribution in [0.25, 0.3) is 0 Å². The molecule has 1 aromatic rings. The number of hydrogen-bond acceptors (Lipinski definition) is 3. The first-order chi connectivity index (χ1) is 9.91. The van der Waals surface area contributed by atoms with Crippen molar-refractivity contribution in [3.05, 3.63) is 29.8 Å². The zero-order valence-corrected chi connectivity index (χ0v) is 13.8. The Kier molecular flexibility index (Phi) is 6.69. The maximum absolute atomic E-state index is 11.8. The van der Waals surface area contributed by atoms with Crippen LogP contribution < -0.4 is 15.4 Å². The zero-order chi connectivity index (χ0) is 15.9. The Morgan fingerprint density at radius 1 is 1.24 bits per heavy atom. The fraction of sp³-hybridized carbons (Fsp3) is 0.588. The molecule has 21 heavy (non-hydrogen) atoms. The van der Waals surface area contributed by atoms with E-state index in [1.165, 1.54) is 5.56 Å². The molecule has 2 N–H and O–H groups in total. The molecule has 1 rings (SSSR count). The summed E-state index contributed by atoms with van der Waals surface area (Å²) in [5.74, 6) is 0.627. The van der Waals surface area contributed by atoms with Crippen molar-refractivity contribution in [1.29, 1.82) is 0 Å². The minimum Gasteiger partial charge on any atom is -0.484 e. The predicted octanol–water partition coefficient (Wildman–Crippen LogP) is 3.04. The number of carbonyl (C=O) groups excluding carboxylic acids is 1. The Labute approximate surface area is 128 Å². The third-order valence-corrected chi connectivity index (χ3v) is 3.77. The number of hydrogen-bond donors (Lipinski definition) is 2. The summed E-state index contributed by atoms with van der Waals surface area (Å²) in [6, 6.07) is 8.25. The number of benzene rings is 1. The minimum atomic E-state index is -0.189. The molecule has 0 aliphatic rings. The number of carbonyl (C=O) groups is 1. The van der Waals surface area contributed by atoms with Gasteiger partial charge >= 0.3 is 0 Å². The average molecular weight is 292 g/mol. The molecular formula is C17H28N2O2. The summed E-state index contributed by atoms with van der Waals surface area (Å²) >= 11 is 0. The third-order valence-electron chi connectivity index (χ3n) is 3.77. The quantitative estimate of drug-likeness (QED) is 0.774. The highest BCUT2D eigenvalue weighted by Gasteiger charge is 2.17. The van der Waals surface area contributed by atoms with Crippen molar-refractivity contribution < 1.29 is 9.53 Å². The van der Waals surface area contributed by atoms with Crippen LogP contribution in [0, 0.1) is 0 Å². The van der Waals surface area contributed by atoms with Crippen LogP contribution in [0.5, 0.6) is 5.75 Å². The molecule has 1 unspecified atom stereocenters. The Bertz CT molecular complexity index is 437. The second-order valence-electron chi connectivity index (χ2n) is 5.89. The summed E-state index contributed by atoms with van der Waals surface area (Å²) in [7, 11) is 1.96. The van der Waals surface area contributed by atoms with Gasteiger partial charge in [0.05, 0.1) is 0 Å². The van der Waals surface area contributed by atoms with Gasteiger partial charge in [-0.05, 0) is 51.4 Å². The van der Waals surface area contributed by atoms with Gasteiger partial charge in [-0.1, -0.05) is 26.0 Å². The molecule has 0 aliphatic carbocycles. The molecule has 4 heteroatoms. The standard InChI is InChI=1S/C17H28N2O2/c1-6-15(18-5)13-8-10-14(11-9-13)21-12-16(20)19-17(3,4)7-2/h8-11,15,18H,6-7,12H2,1-5H3,(H,19,20). The first kappa shape index (κ1) is 17.5. The average Bonchev–Trinajstić information content (AvgIpc) is 2.47. The molecule has 4 nitrogen and oxygen atoms in total. The van der Waals surface area contributed by atoms with Crippen LogP contribution in [-0.4, -0.2) is 25.1 Å². The molecule has 0 radical (unpaired) electrons. The molecule has 1 aromatic carbocycles. The molecule has 0 aromatic heterocycles. The van der Waals surface area contributed by atoms with Crippen LogP contribution in [0.2, 0.25) is 0 Å². The monoisotopic (exact) mass is 292 g/mol. The Morgan fingerprint density at radius 2 is 1.86 bits per heavy atom. The molecule has 1 atom stereocenters. The summed E-state index contributed by atoms with van der Waals surface area (Å²) in [4.78, 5) is 11.8. The minimum absolute atomic E-state index is 0.0476. The lowest BCUT2D eigenvalue weighted by Gasteiger charge is -2.24. The highest BCUT2D eigenvalue weighted by atomic mass is 16.5. The van der Waals surface area contributed by atoms with Crippen molar-refractivity contribution in [3.8, 4) is 5.75 Å². The van der Waals surface area contributed by atoms with Crippen LogP contribution in [0.3, 0.4) is 0 Å². The first-order valence-electron chi connectivity index (χ1n) is 7.63. The molecule has 0 saturated heterocycles. The summed E-state index contributed by atoms with van der Waals surface area (Å²) in [6.07, 6.45) is 1.92. The second-order valence-corrected chi connectivity index (χ2v) is 5.89. The molecule has 1 amide bonds. The van der Waals surface area contributed by atoms with Gasteiger partial charge in [0.25, 0.3) is 5.91 Å². The maximum atomic E-state index is 11.8. The fourth-order valence-corrected chi connectivity index (χ4v) is 2.05.